The lowest BCUT2D eigenvalue weighted by Gasteiger charge is -2.46. The fourth-order valence-electron chi connectivity index (χ4n) is 3.11. The fourth-order valence-corrected chi connectivity index (χ4v) is 12.8. The standard InChI is InChI=1S/C18H36N4P2/c1-10-11-12-13-14-18-15-23(19(2)3,20(4)5)17-24(16-18,21(6)7)22(8)9/h1,15-17H,11-14H2,2-9H3. The Hall–Kier alpha value is -0.260. The molecule has 1 aliphatic rings. The van der Waals surface area contributed by atoms with Crippen molar-refractivity contribution in [3.05, 3.63) is 11.4 Å². The van der Waals surface area contributed by atoms with Gasteiger partial charge in [0.2, 0.25) is 0 Å². The minimum atomic E-state index is -1.60. The van der Waals surface area contributed by atoms with Crippen LogP contribution in [0.25, 0.3) is 0 Å². The number of rotatable bonds is 8. The van der Waals surface area contributed by atoms with Crippen LogP contribution in [0.4, 0.5) is 0 Å². The van der Waals surface area contributed by atoms with E-state index >= 15 is 0 Å². The van der Waals surface area contributed by atoms with Gasteiger partial charge in [-0.25, -0.2) is 0 Å². The zero-order chi connectivity index (χ0) is 18.5. The number of unbranched alkanes of at least 4 members (excludes halogenated alkanes) is 2. The van der Waals surface area contributed by atoms with Crippen molar-refractivity contribution in [2.24, 2.45) is 0 Å². The lowest BCUT2D eigenvalue weighted by molar-refractivity contribution is 0.573. The monoisotopic (exact) mass is 370 g/mol. The minimum Gasteiger partial charge on any atom is -0.275 e. The van der Waals surface area contributed by atoms with Crippen LogP contribution in [-0.2, 0) is 0 Å². The summed E-state index contributed by atoms with van der Waals surface area (Å²) >= 11 is 0. The summed E-state index contributed by atoms with van der Waals surface area (Å²) in [6.07, 6.45) is 9.66. The van der Waals surface area contributed by atoms with Crippen LogP contribution < -0.4 is 0 Å². The summed E-state index contributed by atoms with van der Waals surface area (Å²) in [6, 6.07) is 0. The van der Waals surface area contributed by atoms with Gasteiger partial charge >= 0.3 is 0 Å². The number of allylic oxidation sites excluding steroid dienone is 1. The average molecular weight is 370 g/mol. The summed E-state index contributed by atoms with van der Waals surface area (Å²) in [5, 5.41) is 0. The van der Waals surface area contributed by atoms with Crippen LogP contribution >= 0.6 is 14.4 Å². The molecule has 0 fully saturated rings. The van der Waals surface area contributed by atoms with Gasteiger partial charge in [-0.1, -0.05) is 0 Å². The average Bonchev–Trinajstić information content (AvgIpc) is 2.50. The number of hydrogen-bond donors (Lipinski definition) is 0. The Balaban J connectivity index is 3.48. The molecule has 0 aromatic heterocycles. The molecule has 0 aromatic carbocycles. The molecule has 0 saturated carbocycles. The van der Waals surface area contributed by atoms with Gasteiger partial charge in [0.25, 0.3) is 0 Å². The van der Waals surface area contributed by atoms with E-state index in [2.05, 4.69) is 98.1 Å². The molecule has 1 heterocycles. The largest absolute Gasteiger partial charge is 0.275 e. The van der Waals surface area contributed by atoms with Gasteiger partial charge < -0.3 is 0 Å². The first kappa shape index (κ1) is 21.8. The van der Waals surface area contributed by atoms with E-state index in [9.17, 15) is 0 Å². The van der Waals surface area contributed by atoms with Crippen molar-refractivity contribution in [3.63, 3.8) is 0 Å². The Labute approximate surface area is 150 Å². The smallest absolute Gasteiger partial charge is 0.0393 e. The second-order valence-electron chi connectivity index (χ2n) is 7.15. The van der Waals surface area contributed by atoms with Crippen molar-refractivity contribution >= 4 is 25.7 Å². The van der Waals surface area contributed by atoms with E-state index in [0.29, 0.717) is 0 Å². The molecule has 1 aliphatic heterocycles. The van der Waals surface area contributed by atoms with Gasteiger partial charge in [-0.3, -0.25) is 18.7 Å². The first-order chi connectivity index (χ1) is 11.1. The van der Waals surface area contributed by atoms with Crippen molar-refractivity contribution in [3.8, 4) is 12.3 Å². The molecular weight excluding hydrogens is 334 g/mol. The third-order valence-electron chi connectivity index (χ3n) is 4.65. The Morgan fingerprint density at radius 1 is 0.833 bits per heavy atom. The van der Waals surface area contributed by atoms with Crippen LogP contribution in [-0.4, -0.2) is 86.4 Å². The Morgan fingerprint density at radius 2 is 1.33 bits per heavy atom. The molecular formula is C18H36N4P2. The van der Waals surface area contributed by atoms with E-state index in [-0.39, 0.29) is 0 Å². The van der Waals surface area contributed by atoms with E-state index < -0.39 is 14.4 Å². The highest BCUT2D eigenvalue weighted by molar-refractivity contribution is 7.98. The molecule has 0 aromatic rings. The summed E-state index contributed by atoms with van der Waals surface area (Å²) in [7, 11) is 14.5. The fraction of sp³-hybridized carbons (Fsp3) is 0.667. The molecule has 138 valence electrons. The van der Waals surface area contributed by atoms with E-state index in [0.717, 1.165) is 25.7 Å². The van der Waals surface area contributed by atoms with Crippen LogP contribution in [0.2, 0.25) is 0 Å². The second kappa shape index (κ2) is 8.91. The van der Waals surface area contributed by atoms with Crippen LogP contribution in [0.3, 0.4) is 0 Å². The van der Waals surface area contributed by atoms with Crippen LogP contribution in [0.15, 0.2) is 11.4 Å². The molecule has 0 N–H and O–H groups in total. The van der Waals surface area contributed by atoms with Gasteiger partial charge in [-0.05, 0) is 98.4 Å². The highest BCUT2D eigenvalue weighted by Gasteiger charge is 2.32. The Morgan fingerprint density at radius 3 is 1.75 bits per heavy atom. The summed E-state index contributed by atoms with van der Waals surface area (Å²) in [5.41, 5.74) is 4.13. The maximum Gasteiger partial charge on any atom is 0.0393 e. The molecule has 0 atom stereocenters. The molecule has 0 radical (unpaired) electrons. The summed E-state index contributed by atoms with van der Waals surface area (Å²) in [6.45, 7) is 0. The lowest BCUT2D eigenvalue weighted by atomic mass is 10.1. The molecule has 0 unspecified atom stereocenters. The van der Waals surface area contributed by atoms with E-state index in [4.69, 9.17) is 6.42 Å². The normalized spacial score (nSPS) is 19.2. The third-order valence-corrected chi connectivity index (χ3v) is 13.9. The predicted molar refractivity (Wildman–Crippen MR) is 116 cm³/mol. The van der Waals surface area contributed by atoms with Crippen LogP contribution in [0.1, 0.15) is 25.7 Å². The van der Waals surface area contributed by atoms with Gasteiger partial charge in [0.15, 0.2) is 0 Å². The molecule has 0 amide bonds. The van der Waals surface area contributed by atoms with Crippen LogP contribution in [0, 0.1) is 12.3 Å². The highest BCUT2D eigenvalue weighted by atomic mass is 31.2. The zero-order valence-corrected chi connectivity index (χ0v) is 18.6. The first-order valence-corrected chi connectivity index (χ1v) is 12.1. The summed E-state index contributed by atoms with van der Waals surface area (Å²) in [5.74, 6) is 7.83. The van der Waals surface area contributed by atoms with E-state index in [1.165, 1.54) is 5.57 Å². The molecule has 0 bridgehead atoms. The quantitative estimate of drug-likeness (QED) is 0.368. The van der Waals surface area contributed by atoms with Gasteiger partial charge in [-0.15, -0.1) is 12.3 Å². The number of nitrogens with zero attached hydrogens (tertiary/aromatic N) is 4. The summed E-state index contributed by atoms with van der Waals surface area (Å²) < 4.78 is 9.68. The Kier molecular flexibility index (Phi) is 8.08. The molecule has 0 saturated heterocycles. The number of terminal acetylenes is 1. The zero-order valence-electron chi connectivity index (χ0n) is 16.8. The molecule has 1 rings (SSSR count). The first-order valence-electron chi connectivity index (χ1n) is 8.48. The maximum atomic E-state index is 5.40. The van der Waals surface area contributed by atoms with Crippen molar-refractivity contribution in [1.29, 1.82) is 0 Å². The van der Waals surface area contributed by atoms with Crippen molar-refractivity contribution in [2.45, 2.75) is 25.7 Å². The summed E-state index contributed by atoms with van der Waals surface area (Å²) in [4.78, 5) is 0. The van der Waals surface area contributed by atoms with Gasteiger partial charge in [0, 0.05) is 20.8 Å². The molecule has 4 nitrogen and oxygen atoms in total. The van der Waals surface area contributed by atoms with Crippen molar-refractivity contribution < 1.29 is 0 Å². The minimum absolute atomic E-state index is 0.878. The molecule has 0 aliphatic carbocycles. The van der Waals surface area contributed by atoms with Gasteiger partial charge in [0.05, 0.1) is 0 Å². The second-order valence-corrected chi connectivity index (χ2v) is 14.6. The van der Waals surface area contributed by atoms with Gasteiger partial charge in [0.1, 0.15) is 0 Å². The third kappa shape index (κ3) is 4.47. The van der Waals surface area contributed by atoms with Crippen molar-refractivity contribution in [1.82, 2.24) is 18.7 Å². The Bertz CT molecular complexity index is 563. The predicted octanol–water partition coefficient (Wildman–Crippen LogP) is 3.58. The molecule has 0 spiro atoms. The van der Waals surface area contributed by atoms with Gasteiger partial charge in [-0.2, -0.15) is 0 Å². The van der Waals surface area contributed by atoms with Crippen molar-refractivity contribution in [2.75, 3.05) is 56.4 Å². The molecule has 6 heteroatoms. The maximum absolute atomic E-state index is 5.40. The topological polar surface area (TPSA) is 13.0 Å². The van der Waals surface area contributed by atoms with Crippen LogP contribution in [0.5, 0.6) is 0 Å². The van der Waals surface area contributed by atoms with E-state index in [1.54, 1.807) is 0 Å². The SMILES string of the molecule is C#CCCCCC1=CP(N(C)C)(N(C)C)=CP(N(C)C)(N(C)C)=C1. The number of hydrogen-bond acceptors (Lipinski definition) is 4. The highest BCUT2D eigenvalue weighted by Crippen LogP contribution is 2.65. The van der Waals surface area contributed by atoms with E-state index in [1.807, 2.05) is 0 Å². The molecule has 24 heavy (non-hydrogen) atoms. The lowest BCUT2D eigenvalue weighted by Crippen LogP contribution is -2.30.